The van der Waals surface area contributed by atoms with Gasteiger partial charge >= 0.3 is 0 Å². The maximum Gasteiger partial charge on any atom is 0.0249 e. The van der Waals surface area contributed by atoms with Gasteiger partial charge in [0.05, 0.1) is 0 Å². The molecule has 2 rings (SSSR count). The maximum atomic E-state index is 3.85. The number of nitrogens with zero attached hydrogens (tertiary/aromatic N) is 1. The minimum atomic E-state index is 0.805. The SMILES string of the molecule is CCCCCCCCCCNC1CCN2CCCCC12. The van der Waals surface area contributed by atoms with Crippen molar-refractivity contribution >= 4 is 0 Å². The topological polar surface area (TPSA) is 15.3 Å². The summed E-state index contributed by atoms with van der Waals surface area (Å²) in [5.74, 6) is 0. The van der Waals surface area contributed by atoms with Gasteiger partial charge in [-0.05, 0) is 38.8 Å². The minimum Gasteiger partial charge on any atom is -0.312 e. The molecule has 1 N–H and O–H groups in total. The fourth-order valence-corrected chi connectivity index (χ4v) is 4.03. The van der Waals surface area contributed by atoms with Gasteiger partial charge in [0.1, 0.15) is 0 Å². The summed E-state index contributed by atoms with van der Waals surface area (Å²) in [6.45, 7) is 6.26. The van der Waals surface area contributed by atoms with Crippen LogP contribution in [0.5, 0.6) is 0 Å². The molecule has 0 radical (unpaired) electrons. The van der Waals surface area contributed by atoms with Crippen LogP contribution in [0.3, 0.4) is 0 Å². The van der Waals surface area contributed by atoms with E-state index >= 15 is 0 Å². The van der Waals surface area contributed by atoms with Crippen LogP contribution in [-0.2, 0) is 0 Å². The Hall–Kier alpha value is -0.0800. The van der Waals surface area contributed by atoms with E-state index in [0.717, 1.165) is 12.1 Å². The van der Waals surface area contributed by atoms with E-state index in [-0.39, 0.29) is 0 Å². The molecule has 2 aliphatic heterocycles. The van der Waals surface area contributed by atoms with Crippen molar-refractivity contribution in [1.82, 2.24) is 10.2 Å². The van der Waals surface area contributed by atoms with Gasteiger partial charge in [0.25, 0.3) is 0 Å². The normalized spacial score (nSPS) is 26.9. The smallest absolute Gasteiger partial charge is 0.0249 e. The average molecular weight is 280 g/mol. The van der Waals surface area contributed by atoms with Crippen molar-refractivity contribution in [1.29, 1.82) is 0 Å². The lowest BCUT2D eigenvalue weighted by molar-refractivity contribution is 0.180. The molecule has 0 bridgehead atoms. The van der Waals surface area contributed by atoms with E-state index < -0.39 is 0 Å². The Bertz CT molecular complexity index is 242. The van der Waals surface area contributed by atoms with Gasteiger partial charge < -0.3 is 5.32 Å². The molecular weight excluding hydrogens is 244 g/mol. The van der Waals surface area contributed by atoms with E-state index in [1.54, 1.807) is 0 Å². The van der Waals surface area contributed by atoms with Crippen LogP contribution in [0, 0.1) is 0 Å². The number of nitrogens with one attached hydrogen (secondary N) is 1. The van der Waals surface area contributed by atoms with Crippen LogP contribution in [0.25, 0.3) is 0 Å². The Balaban J connectivity index is 1.43. The summed E-state index contributed by atoms with van der Waals surface area (Å²) in [7, 11) is 0. The third kappa shape index (κ3) is 5.37. The van der Waals surface area contributed by atoms with Crippen LogP contribution >= 0.6 is 0 Å². The third-order valence-corrected chi connectivity index (χ3v) is 5.29. The van der Waals surface area contributed by atoms with Crippen molar-refractivity contribution in [3.05, 3.63) is 0 Å². The van der Waals surface area contributed by atoms with Gasteiger partial charge in [0, 0.05) is 18.6 Å². The van der Waals surface area contributed by atoms with Gasteiger partial charge in [0.2, 0.25) is 0 Å². The molecule has 2 heterocycles. The molecule has 2 aliphatic rings. The van der Waals surface area contributed by atoms with Crippen molar-refractivity contribution in [2.45, 2.75) is 96.1 Å². The first-order valence-corrected chi connectivity index (χ1v) is 9.39. The van der Waals surface area contributed by atoms with Crippen LogP contribution in [0.15, 0.2) is 0 Å². The largest absolute Gasteiger partial charge is 0.312 e. The van der Waals surface area contributed by atoms with Crippen LogP contribution in [0.1, 0.15) is 84.0 Å². The summed E-state index contributed by atoms with van der Waals surface area (Å²) >= 11 is 0. The van der Waals surface area contributed by atoms with Gasteiger partial charge in [-0.15, -0.1) is 0 Å². The second-order valence-electron chi connectivity index (χ2n) is 6.92. The van der Waals surface area contributed by atoms with Gasteiger partial charge in [-0.2, -0.15) is 0 Å². The molecule has 2 unspecified atom stereocenters. The zero-order valence-electron chi connectivity index (χ0n) is 13.7. The highest BCUT2D eigenvalue weighted by Gasteiger charge is 2.34. The van der Waals surface area contributed by atoms with E-state index in [4.69, 9.17) is 0 Å². The number of unbranched alkanes of at least 4 members (excludes halogenated alkanes) is 7. The van der Waals surface area contributed by atoms with Crippen molar-refractivity contribution < 1.29 is 0 Å². The lowest BCUT2D eigenvalue weighted by Gasteiger charge is -2.32. The molecule has 20 heavy (non-hydrogen) atoms. The quantitative estimate of drug-likeness (QED) is 0.599. The van der Waals surface area contributed by atoms with Crippen molar-refractivity contribution in [3.8, 4) is 0 Å². The zero-order chi connectivity index (χ0) is 14.0. The number of rotatable bonds is 10. The Morgan fingerprint density at radius 2 is 1.60 bits per heavy atom. The number of hydrogen-bond acceptors (Lipinski definition) is 2. The van der Waals surface area contributed by atoms with E-state index in [0.29, 0.717) is 0 Å². The standard InChI is InChI=1S/C18H36N2/c1-2-3-4-5-6-7-8-10-14-19-17-13-16-20-15-11-9-12-18(17)20/h17-19H,2-16H2,1H3. The van der Waals surface area contributed by atoms with Gasteiger partial charge in [-0.25, -0.2) is 0 Å². The highest BCUT2D eigenvalue weighted by molar-refractivity contribution is 4.93. The predicted molar refractivity (Wildman–Crippen MR) is 88.2 cm³/mol. The van der Waals surface area contributed by atoms with Crippen LogP contribution in [-0.4, -0.2) is 36.6 Å². The maximum absolute atomic E-state index is 3.85. The van der Waals surface area contributed by atoms with Crippen molar-refractivity contribution in [3.63, 3.8) is 0 Å². The van der Waals surface area contributed by atoms with Crippen LogP contribution in [0.2, 0.25) is 0 Å². The molecule has 0 saturated carbocycles. The molecule has 0 aliphatic carbocycles. The Labute approximate surface area is 126 Å². The summed E-state index contributed by atoms with van der Waals surface area (Å²) in [5, 5.41) is 3.85. The van der Waals surface area contributed by atoms with Crippen molar-refractivity contribution in [2.24, 2.45) is 0 Å². The van der Waals surface area contributed by atoms with Crippen LogP contribution < -0.4 is 5.32 Å². The average Bonchev–Trinajstić information content (AvgIpc) is 2.89. The molecule has 0 aromatic rings. The van der Waals surface area contributed by atoms with E-state index in [1.807, 2.05) is 0 Å². The van der Waals surface area contributed by atoms with E-state index in [1.165, 1.54) is 96.7 Å². The molecule has 2 heteroatoms. The molecular formula is C18H36N2. The first kappa shape index (κ1) is 16.3. The molecule has 2 fully saturated rings. The molecule has 2 nitrogen and oxygen atoms in total. The number of hydrogen-bond donors (Lipinski definition) is 1. The highest BCUT2D eigenvalue weighted by atomic mass is 15.2. The monoisotopic (exact) mass is 280 g/mol. The summed E-state index contributed by atoms with van der Waals surface area (Å²) in [6, 6.07) is 1.68. The fraction of sp³-hybridized carbons (Fsp3) is 1.00. The molecule has 0 aromatic heterocycles. The lowest BCUT2D eigenvalue weighted by Crippen LogP contribution is -2.45. The van der Waals surface area contributed by atoms with Crippen LogP contribution in [0.4, 0.5) is 0 Å². The highest BCUT2D eigenvalue weighted by Crippen LogP contribution is 2.27. The molecule has 2 saturated heterocycles. The second kappa shape index (κ2) is 9.78. The van der Waals surface area contributed by atoms with E-state index in [2.05, 4.69) is 17.1 Å². The Kier molecular flexibility index (Phi) is 7.97. The van der Waals surface area contributed by atoms with Gasteiger partial charge in [-0.1, -0.05) is 58.3 Å². The lowest BCUT2D eigenvalue weighted by atomic mass is 9.99. The minimum absolute atomic E-state index is 0.805. The Morgan fingerprint density at radius 3 is 2.40 bits per heavy atom. The second-order valence-corrected chi connectivity index (χ2v) is 6.92. The zero-order valence-corrected chi connectivity index (χ0v) is 13.7. The first-order chi connectivity index (χ1) is 9.92. The third-order valence-electron chi connectivity index (χ3n) is 5.29. The molecule has 0 spiro atoms. The number of piperidine rings is 1. The summed E-state index contributed by atoms with van der Waals surface area (Å²) in [4.78, 5) is 2.73. The molecule has 0 amide bonds. The van der Waals surface area contributed by atoms with Gasteiger partial charge in [-0.3, -0.25) is 4.90 Å². The predicted octanol–water partition coefficient (Wildman–Crippen LogP) is 4.34. The first-order valence-electron chi connectivity index (χ1n) is 9.39. The van der Waals surface area contributed by atoms with Gasteiger partial charge in [0.15, 0.2) is 0 Å². The molecule has 0 aromatic carbocycles. The molecule has 2 atom stereocenters. The summed E-state index contributed by atoms with van der Waals surface area (Å²) in [5.41, 5.74) is 0. The summed E-state index contributed by atoms with van der Waals surface area (Å²) in [6.07, 6.45) is 17.2. The Morgan fingerprint density at radius 1 is 0.850 bits per heavy atom. The molecule has 118 valence electrons. The summed E-state index contributed by atoms with van der Waals surface area (Å²) < 4.78 is 0. The number of fused-ring (bicyclic) bond motifs is 1. The van der Waals surface area contributed by atoms with Crippen molar-refractivity contribution in [2.75, 3.05) is 19.6 Å². The fourth-order valence-electron chi connectivity index (χ4n) is 4.03. The van der Waals surface area contributed by atoms with E-state index in [9.17, 15) is 0 Å².